The van der Waals surface area contributed by atoms with E-state index in [1.165, 1.54) is 4.68 Å². The molecule has 1 heterocycles. The molecule has 0 aliphatic carbocycles. The first-order chi connectivity index (χ1) is 7.09. The van der Waals surface area contributed by atoms with Gasteiger partial charge in [0.25, 0.3) is 0 Å². The predicted octanol–water partition coefficient (Wildman–Crippen LogP) is 1.74. The molecule has 0 amide bonds. The minimum Gasteiger partial charge on any atom is -0.480 e. The largest absolute Gasteiger partial charge is 0.480 e. The zero-order valence-electron chi connectivity index (χ0n) is 8.69. The predicted molar refractivity (Wildman–Crippen MR) is 56.8 cm³/mol. The molecule has 1 aromatic carbocycles. The standard InChI is InChI=1S/C11H12N2O2/c1-7-4-3-5-9-11(7)8(2)12-13(9)6-10(14)15/h3-5H,6H2,1-2H3,(H,14,15). The van der Waals surface area contributed by atoms with Crippen LogP contribution in [0.25, 0.3) is 10.9 Å². The molecule has 0 fully saturated rings. The van der Waals surface area contributed by atoms with Crippen LogP contribution in [0.3, 0.4) is 0 Å². The highest BCUT2D eigenvalue weighted by Gasteiger charge is 2.10. The van der Waals surface area contributed by atoms with E-state index in [2.05, 4.69) is 5.10 Å². The van der Waals surface area contributed by atoms with E-state index in [1.54, 1.807) is 0 Å². The molecule has 15 heavy (non-hydrogen) atoms. The maximum Gasteiger partial charge on any atom is 0.325 e. The highest BCUT2D eigenvalue weighted by molar-refractivity contribution is 5.86. The molecular weight excluding hydrogens is 192 g/mol. The van der Waals surface area contributed by atoms with Gasteiger partial charge < -0.3 is 5.11 Å². The Bertz CT molecular complexity index is 529. The maximum atomic E-state index is 10.6. The van der Waals surface area contributed by atoms with Gasteiger partial charge >= 0.3 is 5.97 Å². The molecule has 0 spiro atoms. The quantitative estimate of drug-likeness (QED) is 0.810. The van der Waals surface area contributed by atoms with E-state index < -0.39 is 5.97 Å². The van der Waals surface area contributed by atoms with E-state index in [0.717, 1.165) is 22.2 Å². The first-order valence-corrected chi connectivity index (χ1v) is 4.74. The third-order valence-corrected chi connectivity index (χ3v) is 2.45. The van der Waals surface area contributed by atoms with Gasteiger partial charge in [-0.25, -0.2) is 0 Å². The molecule has 2 rings (SSSR count). The second-order valence-corrected chi connectivity index (χ2v) is 3.61. The van der Waals surface area contributed by atoms with E-state index in [4.69, 9.17) is 5.11 Å². The highest BCUT2D eigenvalue weighted by Crippen LogP contribution is 2.21. The van der Waals surface area contributed by atoms with Crippen molar-refractivity contribution in [2.75, 3.05) is 0 Å². The first kappa shape index (κ1) is 9.71. The summed E-state index contributed by atoms with van der Waals surface area (Å²) in [7, 11) is 0. The Morgan fingerprint density at radius 3 is 2.87 bits per heavy atom. The summed E-state index contributed by atoms with van der Waals surface area (Å²) in [4.78, 5) is 10.6. The lowest BCUT2D eigenvalue weighted by molar-refractivity contribution is -0.137. The molecule has 0 bridgehead atoms. The van der Waals surface area contributed by atoms with E-state index in [1.807, 2.05) is 32.0 Å². The Hall–Kier alpha value is -1.84. The van der Waals surface area contributed by atoms with Gasteiger partial charge in [0.2, 0.25) is 0 Å². The molecular formula is C11H12N2O2. The lowest BCUT2D eigenvalue weighted by Crippen LogP contribution is -2.09. The lowest BCUT2D eigenvalue weighted by atomic mass is 10.1. The topological polar surface area (TPSA) is 55.1 Å². The van der Waals surface area contributed by atoms with Crippen molar-refractivity contribution in [3.8, 4) is 0 Å². The molecule has 0 aliphatic rings. The molecule has 0 atom stereocenters. The summed E-state index contributed by atoms with van der Waals surface area (Å²) in [6.45, 7) is 3.81. The van der Waals surface area contributed by atoms with Crippen LogP contribution >= 0.6 is 0 Å². The molecule has 4 heteroatoms. The number of carbonyl (C=O) groups is 1. The van der Waals surface area contributed by atoms with Crippen molar-refractivity contribution in [2.45, 2.75) is 20.4 Å². The summed E-state index contributed by atoms with van der Waals surface area (Å²) in [6.07, 6.45) is 0. The van der Waals surface area contributed by atoms with Crippen LogP contribution in [0.4, 0.5) is 0 Å². The molecule has 0 aliphatic heterocycles. The van der Waals surface area contributed by atoms with E-state index in [9.17, 15) is 4.79 Å². The zero-order valence-corrected chi connectivity index (χ0v) is 8.69. The second-order valence-electron chi connectivity index (χ2n) is 3.61. The molecule has 0 saturated carbocycles. The Labute approximate surface area is 87.1 Å². The molecule has 1 N–H and O–H groups in total. The molecule has 78 valence electrons. The van der Waals surface area contributed by atoms with Crippen LogP contribution in [-0.2, 0) is 11.3 Å². The Morgan fingerprint density at radius 1 is 1.47 bits per heavy atom. The summed E-state index contributed by atoms with van der Waals surface area (Å²) in [5.74, 6) is -0.874. The fourth-order valence-electron chi connectivity index (χ4n) is 1.87. The van der Waals surface area contributed by atoms with Crippen molar-refractivity contribution < 1.29 is 9.90 Å². The summed E-state index contributed by atoms with van der Waals surface area (Å²) < 4.78 is 1.53. The van der Waals surface area contributed by atoms with E-state index >= 15 is 0 Å². The second kappa shape index (κ2) is 3.38. The minimum atomic E-state index is -0.874. The number of benzene rings is 1. The van der Waals surface area contributed by atoms with Crippen LogP contribution in [0.1, 0.15) is 11.3 Å². The van der Waals surface area contributed by atoms with Crippen molar-refractivity contribution in [3.63, 3.8) is 0 Å². The van der Waals surface area contributed by atoms with E-state index in [0.29, 0.717) is 0 Å². The third kappa shape index (κ3) is 1.58. The van der Waals surface area contributed by atoms with Crippen LogP contribution in [-0.4, -0.2) is 20.9 Å². The molecule has 1 aromatic heterocycles. The smallest absolute Gasteiger partial charge is 0.325 e. The normalized spacial score (nSPS) is 10.8. The van der Waals surface area contributed by atoms with Crippen molar-refractivity contribution in [3.05, 3.63) is 29.5 Å². The fraction of sp³-hybridized carbons (Fsp3) is 0.273. The zero-order chi connectivity index (χ0) is 11.0. The average Bonchev–Trinajstić information content (AvgIpc) is 2.44. The number of hydrogen-bond acceptors (Lipinski definition) is 2. The number of fused-ring (bicyclic) bond motifs is 1. The number of carboxylic acid groups (broad SMARTS) is 1. The summed E-state index contributed by atoms with van der Waals surface area (Å²) >= 11 is 0. The summed E-state index contributed by atoms with van der Waals surface area (Å²) in [5, 5.41) is 14.0. The van der Waals surface area contributed by atoms with Gasteiger partial charge in [-0.1, -0.05) is 12.1 Å². The number of aromatic nitrogens is 2. The summed E-state index contributed by atoms with van der Waals surface area (Å²) in [5.41, 5.74) is 2.89. The van der Waals surface area contributed by atoms with Gasteiger partial charge in [0, 0.05) is 5.39 Å². The summed E-state index contributed by atoms with van der Waals surface area (Å²) in [6, 6.07) is 5.81. The van der Waals surface area contributed by atoms with Crippen molar-refractivity contribution in [2.24, 2.45) is 0 Å². The monoisotopic (exact) mass is 204 g/mol. The van der Waals surface area contributed by atoms with Crippen LogP contribution in [0.5, 0.6) is 0 Å². The first-order valence-electron chi connectivity index (χ1n) is 4.74. The van der Waals surface area contributed by atoms with Crippen molar-refractivity contribution >= 4 is 16.9 Å². The van der Waals surface area contributed by atoms with Gasteiger partial charge in [-0.15, -0.1) is 0 Å². The number of rotatable bonds is 2. The lowest BCUT2D eigenvalue weighted by Gasteiger charge is -1.99. The van der Waals surface area contributed by atoms with Crippen molar-refractivity contribution in [1.29, 1.82) is 0 Å². The average molecular weight is 204 g/mol. The fourth-order valence-corrected chi connectivity index (χ4v) is 1.87. The molecule has 2 aromatic rings. The molecule has 0 unspecified atom stereocenters. The Balaban J connectivity index is 2.68. The maximum absolute atomic E-state index is 10.6. The van der Waals surface area contributed by atoms with Crippen LogP contribution in [0.2, 0.25) is 0 Å². The molecule has 0 saturated heterocycles. The number of carboxylic acids is 1. The van der Waals surface area contributed by atoms with Gasteiger partial charge in [-0.3, -0.25) is 9.48 Å². The van der Waals surface area contributed by atoms with Gasteiger partial charge in [-0.05, 0) is 25.5 Å². The molecule has 4 nitrogen and oxygen atoms in total. The third-order valence-electron chi connectivity index (χ3n) is 2.45. The van der Waals surface area contributed by atoms with E-state index in [-0.39, 0.29) is 6.54 Å². The van der Waals surface area contributed by atoms with Crippen molar-refractivity contribution in [1.82, 2.24) is 9.78 Å². The van der Waals surface area contributed by atoms with Gasteiger partial charge in [-0.2, -0.15) is 5.10 Å². The van der Waals surface area contributed by atoms with Crippen LogP contribution in [0, 0.1) is 13.8 Å². The van der Waals surface area contributed by atoms with Crippen LogP contribution < -0.4 is 0 Å². The van der Waals surface area contributed by atoms with Gasteiger partial charge in [0.1, 0.15) is 6.54 Å². The number of nitrogens with zero attached hydrogens (tertiary/aromatic N) is 2. The van der Waals surface area contributed by atoms with Gasteiger partial charge in [0.05, 0.1) is 11.2 Å². The van der Waals surface area contributed by atoms with Gasteiger partial charge in [0.15, 0.2) is 0 Å². The molecule has 0 radical (unpaired) electrons. The van der Waals surface area contributed by atoms with Crippen LogP contribution in [0.15, 0.2) is 18.2 Å². The number of aryl methyl sites for hydroxylation is 2. The number of aliphatic carboxylic acids is 1. The number of hydrogen-bond donors (Lipinski definition) is 1. The Morgan fingerprint density at radius 2 is 2.20 bits per heavy atom. The Kier molecular flexibility index (Phi) is 2.19. The highest BCUT2D eigenvalue weighted by atomic mass is 16.4. The SMILES string of the molecule is Cc1cccc2c1c(C)nn2CC(=O)O. The minimum absolute atomic E-state index is 0.0895.